The number of ketones is 1. The van der Waals surface area contributed by atoms with Crippen molar-refractivity contribution >= 4 is 23.4 Å². The standard InChI is InChI=1S/C20H21N3O5/c1-12-10-16(13(2)23(12)14-4-6-15(27-3)7-5-14)18(24)11-28-20(26)17-8-9-19(25)22-21-17/h4-7,10H,8-9,11H2,1-3H3,(H,22,25). The molecule has 8 heteroatoms. The monoisotopic (exact) mass is 383 g/mol. The van der Waals surface area contributed by atoms with Gasteiger partial charge in [0, 0.05) is 35.5 Å². The Morgan fingerprint density at radius 3 is 2.50 bits per heavy atom. The Balaban J connectivity index is 1.72. The predicted molar refractivity (Wildman–Crippen MR) is 102 cm³/mol. The first kappa shape index (κ1) is 19.3. The number of hydrazone groups is 1. The maximum atomic E-state index is 12.6. The Morgan fingerprint density at radius 2 is 1.89 bits per heavy atom. The lowest BCUT2D eigenvalue weighted by molar-refractivity contribution is -0.134. The van der Waals surface area contributed by atoms with Gasteiger partial charge >= 0.3 is 5.97 Å². The fraction of sp³-hybridized carbons (Fsp3) is 0.300. The number of carbonyl (C=O) groups excluding carboxylic acids is 3. The number of esters is 1. The molecule has 0 radical (unpaired) electrons. The van der Waals surface area contributed by atoms with E-state index < -0.39 is 12.6 Å². The Labute approximate surface area is 162 Å². The van der Waals surface area contributed by atoms with Gasteiger partial charge in [-0.3, -0.25) is 9.59 Å². The van der Waals surface area contributed by atoms with E-state index in [0.717, 1.165) is 22.8 Å². The van der Waals surface area contributed by atoms with E-state index >= 15 is 0 Å². The molecule has 8 nitrogen and oxygen atoms in total. The van der Waals surface area contributed by atoms with E-state index in [1.54, 1.807) is 13.2 Å². The summed E-state index contributed by atoms with van der Waals surface area (Å²) in [6.45, 7) is 3.35. The lowest BCUT2D eigenvalue weighted by Gasteiger charge is -2.12. The van der Waals surface area contributed by atoms with E-state index in [4.69, 9.17) is 9.47 Å². The van der Waals surface area contributed by atoms with E-state index in [9.17, 15) is 14.4 Å². The molecule has 0 saturated carbocycles. The van der Waals surface area contributed by atoms with Crippen molar-refractivity contribution in [2.24, 2.45) is 5.10 Å². The van der Waals surface area contributed by atoms with Crippen molar-refractivity contribution < 1.29 is 23.9 Å². The number of nitrogens with zero attached hydrogens (tertiary/aromatic N) is 2. The third-order valence-corrected chi connectivity index (χ3v) is 4.54. The third kappa shape index (κ3) is 3.95. The molecule has 2 aromatic rings. The minimum absolute atomic E-state index is 0.108. The van der Waals surface area contributed by atoms with Gasteiger partial charge in [0.05, 0.1) is 7.11 Å². The predicted octanol–water partition coefficient (Wildman–Crippen LogP) is 2.09. The van der Waals surface area contributed by atoms with Crippen LogP contribution in [0.25, 0.3) is 5.69 Å². The molecule has 28 heavy (non-hydrogen) atoms. The van der Waals surface area contributed by atoms with Crippen LogP contribution in [0.15, 0.2) is 35.4 Å². The average Bonchev–Trinajstić information content (AvgIpc) is 3.00. The number of aryl methyl sites for hydroxylation is 1. The number of nitrogens with one attached hydrogen (secondary N) is 1. The fourth-order valence-electron chi connectivity index (χ4n) is 3.09. The zero-order valence-electron chi connectivity index (χ0n) is 15.9. The van der Waals surface area contributed by atoms with Crippen LogP contribution in [0.4, 0.5) is 0 Å². The molecule has 1 aromatic carbocycles. The number of carbonyl (C=O) groups is 3. The largest absolute Gasteiger partial charge is 0.497 e. The second-order valence-electron chi connectivity index (χ2n) is 6.41. The summed E-state index contributed by atoms with van der Waals surface area (Å²) < 4.78 is 12.2. The molecule has 0 bridgehead atoms. The summed E-state index contributed by atoms with van der Waals surface area (Å²) in [5, 5.41) is 3.67. The SMILES string of the molecule is COc1ccc(-n2c(C)cc(C(=O)COC(=O)C3=NNC(=O)CC3)c2C)cc1. The number of ether oxygens (including phenoxy) is 2. The summed E-state index contributed by atoms with van der Waals surface area (Å²) in [6, 6.07) is 9.28. The normalized spacial score (nSPS) is 13.5. The van der Waals surface area contributed by atoms with Gasteiger partial charge < -0.3 is 14.0 Å². The van der Waals surface area contributed by atoms with Gasteiger partial charge in [0.25, 0.3) is 0 Å². The lowest BCUT2D eigenvalue weighted by Crippen LogP contribution is -2.31. The molecule has 0 saturated heterocycles. The minimum atomic E-state index is -0.697. The van der Waals surface area contributed by atoms with Crippen LogP contribution >= 0.6 is 0 Å². The summed E-state index contributed by atoms with van der Waals surface area (Å²) in [5.41, 5.74) is 5.37. The van der Waals surface area contributed by atoms with Crippen molar-refractivity contribution in [3.63, 3.8) is 0 Å². The van der Waals surface area contributed by atoms with Gasteiger partial charge in [0.1, 0.15) is 11.5 Å². The van der Waals surface area contributed by atoms with Crippen LogP contribution in [-0.2, 0) is 14.3 Å². The molecule has 3 rings (SSSR count). The van der Waals surface area contributed by atoms with Gasteiger partial charge in [-0.25, -0.2) is 10.2 Å². The van der Waals surface area contributed by atoms with E-state index in [-0.39, 0.29) is 30.2 Å². The van der Waals surface area contributed by atoms with Crippen molar-refractivity contribution in [1.29, 1.82) is 0 Å². The zero-order chi connectivity index (χ0) is 20.3. The highest BCUT2D eigenvalue weighted by Gasteiger charge is 2.22. The molecule has 0 atom stereocenters. The molecule has 0 fully saturated rings. The first-order valence-electron chi connectivity index (χ1n) is 8.79. The topological polar surface area (TPSA) is 99.0 Å². The van der Waals surface area contributed by atoms with Gasteiger partial charge in [-0.05, 0) is 44.2 Å². The minimum Gasteiger partial charge on any atom is -0.497 e. The molecular weight excluding hydrogens is 362 g/mol. The molecule has 0 unspecified atom stereocenters. The second-order valence-corrected chi connectivity index (χ2v) is 6.41. The maximum absolute atomic E-state index is 12.6. The summed E-state index contributed by atoms with van der Waals surface area (Å²) in [7, 11) is 1.60. The van der Waals surface area contributed by atoms with Crippen molar-refractivity contribution in [1.82, 2.24) is 9.99 Å². The number of hydrogen-bond donors (Lipinski definition) is 1. The first-order valence-corrected chi connectivity index (χ1v) is 8.79. The molecule has 1 aromatic heterocycles. The maximum Gasteiger partial charge on any atom is 0.354 e. The van der Waals surface area contributed by atoms with Gasteiger partial charge in [-0.1, -0.05) is 0 Å². The first-order chi connectivity index (χ1) is 13.4. The lowest BCUT2D eigenvalue weighted by atomic mass is 10.1. The van der Waals surface area contributed by atoms with Crippen molar-refractivity contribution in [3.05, 3.63) is 47.3 Å². The Hall–Kier alpha value is -3.42. The van der Waals surface area contributed by atoms with Gasteiger partial charge in [-0.2, -0.15) is 5.10 Å². The molecule has 1 N–H and O–H groups in total. The summed E-state index contributed by atoms with van der Waals surface area (Å²) in [4.78, 5) is 35.7. The van der Waals surface area contributed by atoms with E-state index in [1.807, 2.05) is 42.7 Å². The molecule has 0 aliphatic carbocycles. The van der Waals surface area contributed by atoms with Gasteiger partial charge in [0.15, 0.2) is 6.61 Å². The molecule has 1 aliphatic heterocycles. The number of benzene rings is 1. The number of hydrogen-bond acceptors (Lipinski definition) is 6. The molecule has 2 heterocycles. The molecule has 1 amide bonds. The van der Waals surface area contributed by atoms with Crippen LogP contribution in [0.3, 0.4) is 0 Å². The third-order valence-electron chi connectivity index (χ3n) is 4.54. The van der Waals surface area contributed by atoms with Crippen molar-refractivity contribution in [2.45, 2.75) is 26.7 Å². The quantitative estimate of drug-likeness (QED) is 0.608. The second kappa shape index (κ2) is 8.08. The van der Waals surface area contributed by atoms with Crippen LogP contribution in [-0.4, -0.2) is 41.7 Å². The van der Waals surface area contributed by atoms with Crippen LogP contribution in [0.2, 0.25) is 0 Å². The van der Waals surface area contributed by atoms with Crippen LogP contribution in [0.5, 0.6) is 5.75 Å². The van der Waals surface area contributed by atoms with E-state index in [0.29, 0.717) is 5.56 Å². The number of methoxy groups -OCH3 is 1. The number of rotatable bonds is 6. The Morgan fingerprint density at radius 1 is 1.18 bits per heavy atom. The average molecular weight is 383 g/mol. The van der Waals surface area contributed by atoms with E-state index in [2.05, 4.69) is 10.5 Å². The van der Waals surface area contributed by atoms with Gasteiger partial charge in [-0.15, -0.1) is 0 Å². The van der Waals surface area contributed by atoms with Crippen LogP contribution in [0.1, 0.15) is 34.6 Å². The molecule has 146 valence electrons. The number of amides is 1. The highest BCUT2D eigenvalue weighted by molar-refractivity contribution is 6.37. The summed E-state index contributed by atoms with van der Waals surface area (Å²) in [5.74, 6) is -0.506. The van der Waals surface area contributed by atoms with E-state index in [1.165, 1.54) is 0 Å². The molecule has 1 aliphatic rings. The van der Waals surface area contributed by atoms with Crippen molar-refractivity contribution in [2.75, 3.05) is 13.7 Å². The summed E-state index contributed by atoms with van der Waals surface area (Å²) in [6.07, 6.45) is 0.371. The number of aromatic nitrogens is 1. The molecule has 0 spiro atoms. The summed E-state index contributed by atoms with van der Waals surface area (Å²) >= 11 is 0. The number of Topliss-reactive ketones (excluding diaryl/α,β-unsaturated/α-hetero) is 1. The molecular formula is C20H21N3O5. The van der Waals surface area contributed by atoms with Gasteiger partial charge in [0.2, 0.25) is 11.7 Å². The fourth-order valence-corrected chi connectivity index (χ4v) is 3.09. The highest BCUT2D eigenvalue weighted by Crippen LogP contribution is 2.23. The Kier molecular flexibility index (Phi) is 5.58. The highest BCUT2D eigenvalue weighted by atomic mass is 16.5. The smallest absolute Gasteiger partial charge is 0.354 e. The zero-order valence-corrected chi connectivity index (χ0v) is 15.9. The Bertz CT molecular complexity index is 957. The van der Waals surface area contributed by atoms with Crippen LogP contribution in [0, 0.1) is 13.8 Å². The van der Waals surface area contributed by atoms with Crippen LogP contribution < -0.4 is 10.2 Å². The van der Waals surface area contributed by atoms with Crippen molar-refractivity contribution in [3.8, 4) is 11.4 Å².